The molecule has 1 aromatic rings. The number of anilines is 1. The molecule has 0 heterocycles. The Kier molecular flexibility index (Phi) is 5.25. The van der Waals surface area contributed by atoms with Crippen LogP contribution in [-0.4, -0.2) is 36.7 Å². The number of benzene rings is 1. The smallest absolute Gasteiger partial charge is 0.326 e. The number of nitrogen functional groups attached to an aromatic ring is 1. The maximum absolute atomic E-state index is 13.2. The second-order valence-electron chi connectivity index (χ2n) is 3.88. The fraction of sp³-hybridized carbons (Fsp3) is 0.333. The van der Waals surface area contributed by atoms with E-state index < -0.39 is 23.7 Å². The number of carbonyl (C=O) groups excluding carboxylic acids is 1. The molecular formula is C12H15FN2O4. The highest BCUT2D eigenvalue weighted by molar-refractivity contribution is 5.96. The Bertz CT molecular complexity index is 479. The Labute approximate surface area is 109 Å². The Balaban J connectivity index is 2.75. The van der Waals surface area contributed by atoms with E-state index >= 15 is 0 Å². The Morgan fingerprint density at radius 2 is 2.21 bits per heavy atom. The van der Waals surface area contributed by atoms with E-state index in [1.807, 2.05) is 0 Å². The van der Waals surface area contributed by atoms with Gasteiger partial charge in [0.1, 0.15) is 11.9 Å². The van der Waals surface area contributed by atoms with E-state index in [1.54, 1.807) is 0 Å². The molecule has 0 saturated carbocycles. The number of halogens is 1. The molecule has 0 spiro atoms. The number of rotatable bonds is 6. The van der Waals surface area contributed by atoms with Gasteiger partial charge in [0.2, 0.25) is 0 Å². The monoisotopic (exact) mass is 270 g/mol. The molecule has 19 heavy (non-hydrogen) atoms. The van der Waals surface area contributed by atoms with E-state index in [-0.39, 0.29) is 24.3 Å². The number of carboxylic acids is 1. The summed E-state index contributed by atoms with van der Waals surface area (Å²) in [5, 5.41) is 11.2. The van der Waals surface area contributed by atoms with Crippen molar-refractivity contribution in [3.63, 3.8) is 0 Å². The summed E-state index contributed by atoms with van der Waals surface area (Å²) in [4.78, 5) is 22.7. The lowest BCUT2D eigenvalue weighted by Gasteiger charge is -2.14. The van der Waals surface area contributed by atoms with Gasteiger partial charge in [0.15, 0.2) is 0 Å². The summed E-state index contributed by atoms with van der Waals surface area (Å²) in [6.07, 6.45) is 0.120. The molecule has 1 amide bonds. The molecule has 0 saturated heterocycles. The largest absolute Gasteiger partial charge is 0.480 e. The van der Waals surface area contributed by atoms with Gasteiger partial charge in [-0.05, 0) is 18.2 Å². The maximum atomic E-state index is 13.2. The number of carbonyl (C=O) groups is 2. The highest BCUT2D eigenvalue weighted by atomic mass is 19.1. The first kappa shape index (κ1) is 14.9. The van der Waals surface area contributed by atoms with E-state index in [0.717, 1.165) is 6.07 Å². The standard InChI is InChI=1S/C12H15FN2O4/c1-19-5-4-10(12(17)18)15-11(16)7-2-3-9(14)8(13)6-7/h2-3,6,10H,4-5,14H2,1H3,(H,15,16)(H,17,18). The normalized spacial score (nSPS) is 11.9. The molecule has 1 rings (SSSR count). The van der Waals surface area contributed by atoms with E-state index in [4.69, 9.17) is 15.6 Å². The van der Waals surface area contributed by atoms with Gasteiger partial charge < -0.3 is 20.9 Å². The van der Waals surface area contributed by atoms with E-state index in [2.05, 4.69) is 5.32 Å². The quantitative estimate of drug-likeness (QED) is 0.658. The van der Waals surface area contributed by atoms with Gasteiger partial charge in [-0.1, -0.05) is 0 Å². The summed E-state index contributed by atoms with van der Waals surface area (Å²) < 4.78 is 18.0. The summed E-state index contributed by atoms with van der Waals surface area (Å²) in [5.74, 6) is -2.58. The van der Waals surface area contributed by atoms with Crippen molar-refractivity contribution in [2.45, 2.75) is 12.5 Å². The third kappa shape index (κ3) is 4.22. The maximum Gasteiger partial charge on any atom is 0.326 e. The van der Waals surface area contributed by atoms with Crippen molar-refractivity contribution in [2.75, 3.05) is 19.5 Å². The second kappa shape index (κ2) is 6.69. The Morgan fingerprint density at radius 1 is 1.53 bits per heavy atom. The van der Waals surface area contributed by atoms with E-state index in [0.29, 0.717) is 0 Å². The molecule has 0 fully saturated rings. The minimum Gasteiger partial charge on any atom is -0.480 e. The predicted octanol–water partition coefficient (Wildman–Crippen LogP) is 0.627. The molecule has 1 unspecified atom stereocenters. The predicted molar refractivity (Wildman–Crippen MR) is 66.2 cm³/mol. The van der Waals surface area contributed by atoms with Gasteiger partial charge in [-0.15, -0.1) is 0 Å². The van der Waals surface area contributed by atoms with Crippen LogP contribution in [0.25, 0.3) is 0 Å². The third-order valence-corrected chi connectivity index (χ3v) is 2.48. The average Bonchev–Trinajstić information content (AvgIpc) is 2.37. The third-order valence-electron chi connectivity index (χ3n) is 2.48. The van der Waals surface area contributed by atoms with Gasteiger partial charge >= 0.3 is 5.97 Å². The van der Waals surface area contributed by atoms with Crippen molar-refractivity contribution in [3.05, 3.63) is 29.6 Å². The number of nitrogens with one attached hydrogen (secondary N) is 1. The first-order chi connectivity index (χ1) is 8.95. The molecule has 0 aromatic heterocycles. The molecule has 0 aliphatic heterocycles. The molecule has 4 N–H and O–H groups in total. The van der Waals surface area contributed by atoms with Crippen molar-refractivity contribution in [2.24, 2.45) is 0 Å². The molecule has 0 bridgehead atoms. The number of methoxy groups -OCH3 is 1. The van der Waals surface area contributed by atoms with E-state index in [1.165, 1.54) is 19.2 Å². The highest BCUT2D eigenvalue weighted by Crippen LogP contribution is 2.12. The lowest BCUT2D eigenvalue weighted by atomic mass is 10.1. The minimum atomic E-state index is -1.18. The van der Waals surface area contributed by atoms with E-state index in [9.17, 15) is 14.0 Å². The van der Waals surface area contributed by atoms with Gasteiger partial charge in [-0.2, -0.15) is 0 Å². The summed E-state index contributed by atoms with van der Waals surface area (Å²) >= 11 is 0. The molecule has 0 aliphatic rings. The Morgan fingerprint density at radius 3 is 2.74 bits per heavy atom. The fourth-order valence-electron chi connectivity index (χ4n) is 1.40. The first-order valence-electron chi connectivity index (χ1n) is 5.53. The van der Waals surface area contributed by atoms with Crippen LogP contribution in [-0.2, 0) is 9.53 Å². The number of aliphatic carboxylic acids is 1. The SMILES string of the molecule is COCCC(NC(=O)c1ccc(N)c(F)c1)C(=O)O. The van der Waals surface area contributed by atoms with Gasteiger partial charge in [0, 0.05) is 25.7 Å². The van der Waals surface area contributed by atoms with Gasteiger partial charge in [-0.25, -0.2) is 9.18 Å². The van der Waals surface area contributed by atoms with Crippen molar-refractivity contribution in [1.82, 2.24) is 5.32 Å². The number of carboxylic acid groups (broad SMARTS) is 1. The fourth-order valence-corrected chi connectivity index (χ4v) is 1.40. The van der Waals surface area contributed by atoms with Crippen LogP contribution < -0.4 is 11.1 Å². The molecule has 0 aliphatic carbocycles. The van der Waals surface area contributed by atoms with Gasteiger partial charge in [-0.3, -0.25) is 4.79 Å². The molecule has 104 valence electrons. The van der Waals surface area contributed by atoms with Gasteiger partial charge in [0.25, 0.3) is 5.91 Å². The van der Waals surface area contributed by atoms with Gasteiger partial charge in [0.05, 0.1) is 5.69 Å². The number of amides is 1. The van der Waals surface area contributed by atoms with Crippen LogP contribution in [0.3, 0.4) is 0 Å². The number of nitrogens with two attached hydrogens (primary N) is 1. The lowest BCUT2D eigenvalue weighted by molar-refractivity contribution is -0.139. The zero-order valence-electron chi connectivity index (χ0n) is 10.4. The topological polar surface area (TPSA) is 102 Å². The number of ether oxygens (including phenoxy) is 1. The lowest BCUT2D eigenvalue weighted by Crippen LogP contribution is -2.41. The molecule has 6 nitrogen and oxygen atoms in total. The molecular weight excluding hydrogens is 255 g/mol. The highest BCUT2D eigenvalue weighted by Gasteiger charge is 2.20. The number of hydrogen-bond acceptors (Lipinski definition) is 4. The van der Waals surface area contributed by atoms with Crippen LogP contribution in [0, 0.1) is 5.82 Å². The number of hydrogen-bond donors (Lipinski definition) is 3. The van der Waals surface area contributed by atoms with Crippen LogP contribution in [0.15, 0.2) is 18.2 Å². The summed E-state index contributed by atoms with van der Waals surface area (Å²) in [5.41, 5.74) is 5.22. The summed E-state index contributed by atoms with van der Waals surface area (Å²) in [6, 6.07) is 2.44. The summed E-state index contributed by atoms with van der Waals surface area (Å²) in [7, 11) is 1.43. The van der Waals surface area contributed by atoms with Crippen LogP contribution in [0.1, 0.15) is 16.8 Å². The van der Waals surface area contributed by atoms with Crippen molar-refractivity contribution < 1.29 is 23.8 Å². The molecule has 1 atom stereocenters. The zero-order chi connectivity index (χ0) is 14.4. The minimum absolute atomic E-state index is 0.00960. The molecule has 7 heteroatoms. The molecule has 1 aromatic carbocycles. The van der Waals surface area contributed by atoms with Crippen molar-refractivity contribution >= 4 is 17.6 Å². The van der Waals surface area contributed by atoms with Crippen molar-refractivity contribution in [1.29, 1.82) is 0 Å². The van der Waals surface area contributed by atoms with Crippen molar-refractivity contribution in [3.8, 4) is 0 Å². The first-order valence-corrected chi connectivity index (χ1v) is 5.53. The summed E-state index contributed by atoms with van der Waals surface area (Å²) in [6.45, 7) is 0.188. The Hall–Kier alpha value is -2.15. The van der Waals surface area contributed by atoms with Crippen LogP contribution in [0.5, 0.6) is 0 Å². The average molecular weight is 270 g/mol. The van der Waals surface area contributed by atoms with Crippen LogP contribution >= 0.6 is 0 Å². The van der Waals surface area contributed by atoms with Crippen LogP contribution in [0.2, 0.25) is 0 Å². The molecule has 0 radical (unpaired) electrons. The second-order valence-corrected chi connectivity index (χ2v) is 3.88. The zero-order valence-corrected chi connectivity index (χ0v) is 10.4. The van der Waals surface area contributed by atoms with Crippen LogP contribution in [0.4, 0.5) is 10.1 Å².